The van der Waals surface area contributed by atoms with E-state index in [1.54, 1.807) is 49.5 Å². The minimum absolute atomic E-state index is 0.246. The fourth-order valence-corrected chi connectivity index (χ4v) is 4.95. The van der Waals surface area contributed by atoms with Gasteiger partial charge in [0.2, 0.25) is 11.9 Å². The van der Waals surface area contributed by atoms with E-state index in [0.29, 0.717) is 65.5 Å². The Labute approximate surface area is 225 Å². The van der Waals surface area contributed by atoms with Crippen LogP contribution >= 0.6 is 11.6 Å². The first-order chi connectivity index (χ1) is 18.4. The van der Waals surface area contributed by atoms with E-state index < -0.39 is 12.1 Å². The Balaban J connectivity index is 1.28. The SMILES string of the molecule is C[C@H](C(=O)N[C@H](CO)c1cccc(Cl)c1)N1CCc2oc(-c3ccnc(NC4CCOCC4)n3)cc2C1=O. The Morgan fingerprint density at radius 2 is 2.08 bits per heavy atom. The lowest BCUT2D eigenvalue weighted by Crippen LogP contribution is -2.51. The van der Waals surface area contributed by atoms with E-state index in [2.05, 4.69) is 20.6 Å². The summed E-state index contributed by atoms with van der Waals surface area (Å²) < 4.78 is 11.4. The number of aliphatic hydroxyl groups excluding tert-OH is 1. The van der Waals surface area contributed by atoms with Crippen molar-refractivity contribution in [2.75, 3.05) is 31.7 Å². The van der Waals surface area contributed by atoms with Gasteiger partial charge < -0.3 is 29.8 Å². The topological polar surface area (TPSA) is 130 Å². The van der Waals surface area contributed by atoms with E-state index in [-0.39, 0.29) is 24.5 Å². The summed E-state index contributed by atoms with van der Waals surface area (Å²) in [4.78, 5) is 36.8. The molecule has 3 N–H and O–H groups in total. The second-order valence-corrected chi connectivity index (χ2v) is 9.90. The van der Waals surface area contributed by atoms with Crippen LogP contribution in [-0.4, -0.2) is 70.2 Å². The van der Waals surface area contributed by atoms with Crippen LogP contribution in [0.4, 0.5) is 5.95 Å². The molecule has 2 aliphatic heterocycles. The third kappa shape index (κ3) is 5.67. The number of hydrogen-bond donors (Lipinski definition) is 3. The highest BCUT2D eigenvalue weighted by Gasteiger charge is 2.35. The minimum atomic E-state index is -0.753. The molecule has 10 nitrogen and oxygen atoms in total. The van der Waals surface area contributed by atoms with Crippen LogP contribution in [0.3, 0.4) is 0 Å². The Morgan fingerprint density at radius 3 is 2.84 bits per heavy atom. The molecule has 38 heavy (non-hydrogen) atoms. The number of anilines is 1. The highest BCUT2D eigenvalue weighted by molar-refractivity contribution is 6.30. The standard InChI is InChI=1S/C27H30ClN5O5/c1-16(25(35)31-22(15-34)17-3-2-4-18(28)13-17)33-10-6-23-20(26(33)36)14-24(38-23)21-5-9-29-27(32-21)30-19-7-11-37-12-8-19/h2-5,9,13-14,16,19,22,34H,6-8,10-12,15H2,1H3,(H,31,35)(H,29,30,32)/t16-,22-/m1/s1. The van der Waals surface area contributed by atoms with Gasteiger partial charge >= 0.3 is 0 Å². The van der Waals surface area contributed by atoms with Gasteiger partial charge in [-0.15, -0.1) is 0 Å². The maximum Gasteiger partial charge on any atom is 0.258 e. The summed E-state index contributed by atoms with van der Waals surface area (Å²) in [6.45, 7) is 3.11. The summed E-state index contributed by atoms with van der Waals surface area (Å²) in [5.41, 5.74) is 1.67. The van der Waals surface area contributed by atoms with Gasteiger partial charge in [0.1, 0.15) is 17.5 Å². The van der Waals surface area contributed by atoms with E-state index in [4.69, 9.17) is 20.8 Å². The molecule has 5 rings (SSSR count). The van der Waals surface area contributed by atoms with Crippen molar-refractivity contribution in [1.82, 2.24) is 20.2 Å². The first-order valence-electron chi connectivity index (χ1n) is 12.7. The molecular formula is C27H30ClN5O5. The van der Waals surface area contributed by atoms with E-state index in [1.807, 2.05) is 0 Å². The summed E-state index contributed by atoms with van der Waals surface area (Å²) in [7, 11) is 0. The van der Waals surface area contributed by atoms with Crippen molar-refractivity contribution in [1.29, 1.82) is 0 Å². The molecule has 200 valence electrons. The second-order valence-electron chi connectivity index (χ2n) is 9.47. The van der Waals surface area contributed by atoms with Crippen molar-refractivity contribution in [3.8, 4) is 11.5 Å². The third-order valence-electron chi connectivity index (χ3n) is 6.94. The van der Waals surface area contributed by atoms with Crippen LogP contribution in [0, 0.1) is 0 Å². The quantitative estimate of drug-likeness (QED) is 0.398. The lowest BCUT2D eigenvalue weighted by atomic mass is 10.0. The van der Waals surface area contributed by atoms with Crippen LogP contribution in [0.5, 0.6) is 0 Å². The van der Waals surface area contributed by atoms with Crippen molar-refractivity contribution in [3.05, 3.63) is 64.5 Å². The summed E-state index contributed by atoms with van der Waals surface area (Å²) >= 11 is 6.06. The number of carbonyl (C=O) groups excluding carboxylic acids is 2. The minimum Gasteiger partial charge on any atom is -0.459 e. The molecule has 2 amide bonds. The van der Waals surface area contributed by atoms with Crippen molar-refractivity contribution in [2.24, 2.45) is 0 Å². The van der Waals surface area contributed by atoms with Gasteiger partial charge in [-0.3, -0.25) is 9.59 Å². The Morgan fingerprint density at radius 1 is 1.26 bits per heavy atom. The number of halogens is 1. The zero-order valence-electron chi connectivity index (χ0n) is 21.0. The van der Waals surface area contributed by atoms with Crippen LogP contribution in [0.25, 0.3) is 11.5 Å². The Kier molecular flexibility index (Phi) is 7.92. The highest BCUT2D eigenvalue weighted by Crippen LogP contribution is 2.30. The van der Waals surface area contributed by atoms with Crippen molar-refractivity contribution in [3.63, 3.8) is 0 Å². The number of amides is 2. The number of benzene rings is 1. The fraction of sp³-hybridized carbons (Fsp3) is 0.407. The maximum atomic E-state index is 13.4. The van der Waals surface area contributed by atoms with Gasteiger partial charge in [-0.25, -0.2) is 9.97 Å². The Bertz CT molecular complexity index is 1310. The average molecular weight is 540 g/mol. The molecule has 11 heteroatoms. The second kappa shape index (κ2) is 11.5. The monoisotopic (exact) mass is 539 g/mol. The lowest BCUT2D eigenvalue weighted by molar-refractivity contribution is -0.126. The van der Waals surface area contributed by atoms with Crippen LogP contribution in [0.1, 0.15) is 47.5 Å². The number of rotatable bonds is 8. The van der Waals surface area contributed by atoms with Crippen molar-refractivity contribution in [2.45, 2.75) is 44.3 Å². The zero-order valence-corrected chi connectivity index (χ0v) is 21.8. The van der Waals surface area contributed by atoms with Gasteiger partial charge in [0.15, 0.2) is 5.76 Å². The number of ether oxygens (including phenoxy) is 1. The molecule has 3 aromatic rings. The number of nitrogens with zero attached hydrogens (tertiary/aromatic N) is 3. The number of aliphatic hydroxyl groups is 1. The van der Waals surface area contributed by atoms with E-state index in [0.717, 1.165) is 12.8 Å². The summed E-state index contributed by atoms with van der Waals surface area (Å²) in [6, 6.07) is 9.22. The molecule has 0 saturated carbocycles. The molecule has 4 heterocycles. The molecule has 1 fully saturated rings. The predicted molar refractivity (Wildman–Crippen MR) is 141 cm³/mol. The van der Waals surface area contributed by atoms with Crippen molar-refractivity contribution < 1.29 is 23.8 Å². The van der Waals surface area contributed by atoms with E-state index >= 15 is 0 Å². The molecule has 0 bridgehead atoms. The molecule has 0 unspecified atom stereocenters. The maximum absolute atomic E-state index is 13.4. The molecule has 0 radical (unpaired) electrons. The van der Waals surface area contributed by atoms with E-state index in [9.17, 15) is 14.7 Å². The third-order valence-corrected chi connectivity index (χ3v) is 7.17. The molecule has 0 spiro atoms. The number of fused-ring (bicyclic) bond motifs is 1. The molecule has 0 aliphatic carbocycles. The van der Waals surface area contributed by atoms with Gasteiger partial charge in [-0.2, -0.15) is 0 Å². The smallest absolute Gasteiger partial charge is 0.258 e. The number of hydrogen-bond acceptors (Lipinski definition) is 8. The van der Waals surface area contributed by atoms with Gasteiger partial charge in [-0.05, 0) is 49.6 Å². The molecular weight excluding hydrogens is 510 g/mol. The number of nitrogens with one attached hydrogen (secondary N) is 2. The van der Waals surface area contributed by atoms with Gasteiger partial charge in [0.05, 0.1) is 18.2 Å². The summed E-state index contributed by atoms with van der Waals surface area (Å²) in [5, 5.41) is 16.5. The van der Waals surface area contributed by atoms with Crippen molar-refractivity contribution >= 4 is 29.4 Å². The van der Waals surface area contributed by atoms with Crippen LogP contribution in [0.2, 0.25) is 5.02 Å². The molecule has 2 aliphatic rings. The van der Waals surface area contributed by atoms with Crippen LogP contribution in [0.15, 0.2) is 47.0 Å². The predicted octanol–water partition coefficient (Wildman–Crippen LogP) is 3.22. The van der Waals surface area contributed by atoms with E-state index in [1.165, 1.54) is 4.90 Å². The first kappa shape index (κ1) is 26.1. The van der Waals surface area contributed by atoms with Gasteiger partial charge in [0.25, 0.3) is 5.91 Å². The Hall–Kier alpha value is -3.47. The van der Waals surface area contributed by atoms with Gasteiger partial charge in [0, 0.05) is 43.4 Å². The molecule has 1 aromatic carbocycles. The fourth-order valence-electron chi connectivity index (χ4n) is 4.75. The normalized spacial score (nSPS) is 17.6. The zero-order chi connectivity index (χ0) is 26.6. The number of aromatic nitrogens is 2. The largest absolute Gasteiger partial charge is 0.459 e. The van der Waals surface area contributed by atoms with Gasteiger partial charge in [-0.1, -0.05) is 23.7 Å². The number of furan rings is 1. The van der Waals surface area contributed by atoms with Crippen LogP contribution in [-0.2, 0) is 16.0 Å². The molecule has 2 atom stereocenters. The van der Waals surface area contributed by atoms with Crippen LogP contribution < -0.4 is 10.6 Å². The molecule has 1 saturated heterocycles. The number of carbonyl (C=O) groups is 2. The molecule has 2 aromatic heterocycles. The highest BCUT2D eigenvalue weighted by atomic mass is 35.5. The first-order valence-corrected chi connectivity index (χ1v) is 13.1. The lowest BCUT2D eigenvalue weighted by Gasteiger charge is -2.32. The average Bonchev–Trinajstić information content (AvgIpc) is 3.38. The summed E-state index contributed by atoms with van der Waals surface area (Å²) in [6.07, 6.45) is 3.89. The summed E-state index contributed by atoms with van der Waals surface area (Å²) in [5.74, 6) is 0.880.